The zero-order valence-electron chi connectivity index (χ0n) is 17.7. The van der Waals surface area contributed by atoms with Crippen LogP contribution < -0.4 is 0 Å². The highest BCUT2D eigenvalue weighted by Crippen LogP contribution is 2.72. The first-order valence-electron chi connectivity index (χ1n) is 10.6. The van der Waals surface area contributed by atoms with E-state index in [1.165, 1.54) is 6.92 Å². The zero-order valence-corrected chi connectivity index (χ0v) is 17.7. The van der Waals surface area contributed by atoms with Crippen LogP contribution in [0.5, 0.6) is 0 Å². The summed E-state index contributed by atoms with van der Waals surface area (Å²) < 4.78 is 24.0. The number of carbonyl (C=O) groups is 2. The average molecular weight is 406 g/mol. The second kappa shape index (κ2) is 5.62. The van der Waals surface area contributed by atoms with Gasteiger partial charge in [-0.05, 0) is 36.8 Å². The van der Waals surface area contributed by atoms with Crippen LogP contribution in [0.3, 0.4) is 0 Å². The molecule has 1 spiro atoms. The van der Waals surface area contributed by atoms with Crippen molar-refractivity contribution in [3.8, 4) is 0 Å². The van der Waals surface area contributed by atoms with Gasteiger partial charge in [0.05, 0.1) is 12.2 Å². The molecule has 2 saturated carbocycles. The number of esters is 2. The Hall–Kier alpha value is -1.44. The second-order valence-electron chi connectivity index (χ2n) is 9.97. The third-order valence-corrected chi connectivity index (χ3v) is 9.07. The van der Waals surface area contributed by atoms with Gasteiger partial charge in [0.2, 0.25) is 0 Å². The zero-order chi connectivity index (χ0) is 21.0. The van der Waals surface area contributed by atoms with E-state index in [0.29, 0.717) is 12.8 Å². The minimum Gasteiger partial charge on any atom is -0.465 e. The first-order chi connectivity index (χ1) is 13.6. The highest BCUT2D eigenvalue weighted by atomic mass is 16.6. The summed E-state index contributed by atoms with van der Waals surface area (Å²) in [5, 5.41) is 12.2. The van der Waals surface area contributed by atoms with Gasteiger partial charge in [-0.3, -0.25) is 9.59 Å². The third-order valence-electron chi connectivity index (χ3n) is 9.07. The largest absolute Gasteiger partial charge is 0.465 e. The summed E-state index contributed by atoms with van der Waals surface area (Å²) >= 11 is 0. The number of fused-ring (bicyclic) bond motifs is 1. The molecule has 1 N–H and O–H groups in total. The van der Waals surface area contributed by atoms with E-state index < -0.39 is 46.2 Å². The van der Waals surface area contributed by atoms with E-state index in [4.69, 9.17) is 18.9 Å². The molecule has 3 heterocycles. The van der Waals surface area contributed by atoms with Gasteiger partial charge in [-0.25, -0.2) is 0 Å². The molecule has 8 unspecified atom stereocenters. The van der Waals surface area contributed by atoms with Crippen LogP contribution in [0.25, 0.3) is 0 Å². The van der Waals surface area contributed by atoms with E-state index in [1.807, 2.05) is 6.92 Å². The lowest BCUT2D eigenvalue weighted by molar-refractivity contribution is -0.264. The van der Waals surface area contributed by atoms with Gasteiger partial charge in [0.25, 0.3) is 0 Å². The molecule has 8 atom stereocenters. The Morgan fingerprint density at radius 2 is 2.07 bits per heavy atom. The molecule has 3 bridgehead atoms. The van der Waals surface area contributed by atoms with Crippen LogP contribution in [0.2, 0.25) is 0 Å². The normalized spacial score (nSPS) is 52.3. The predicted molar refractivity (Wildman–Crippen MR) is 101 cm³/mol. The van der Waals surface area contributed by atoms with Crippen molar-refractivity contribution in [3.63, 3.8) is 0 Å². The number of rotatable bonds is 3. The molecule has 0 amide bonds. The number of methoxy groups -OCH3 is 1. The van der Waals surface area contributed by atoms with Crippen LogP contribution >= 0.6 is 0 Å². The Morgan fingerprint density at radius 1 is 1.34 bits per heavy atom. The van der Waals surface area contributed by atoms with Crippen molar-refractivity contribution in [1.29, 1.82) is 0 Å². The van der Waals surface area contributed by atoms with Gasteiger partial charge in [-0.2, -0.15) is 0 Å². The molecule has 0 aromatic rings. The molecule has 2 aliphatic carbocycles. The summed E-state index contributed by atoms with van der Waals surface area (Å²) in [5.74, 6) is -0.711. The molecule has 5 rings (SSSR count). The second-order valence-corrected chi connectivity index (χ2v) is 9.97. The molecule has 3 aliphatic heterocycles. The molecule has 7 heteroatoms. The monoisotopic (exact) mass is 406 g/mol. The molecule has 2 saturated heterocycles. The molecule has 0 aromatic carbocycles. The number of ether oxygens (including phenoxy) is 4. The highest BCUT2D eigenvalue weighted by molar-refractivity contribution is 5.83. The van der Waals surface area contributed by atoms with Gasteiger partial charge >= 0.3 is 11.9 Å². The Labute approximate surface area is 170 Å². The Kier molecular flexibility index (Phi) is 3.78. The van der Waals surface area contributed by atoms with E-state index in [9.17, 15) is 14.7 Å². The molecule has 160 valence electrons. The van der Waals surface area contributed by atoms with Gasteiger partial charge in [0.1, 0.15) is 29.3 Å². The van der Waals surface area contributed by atoms with Gasteiger partial charge in [-0.1, -0.05) is 13.8 Å². The van der Waals surface area contributed by atoms with Crippen molar-refractivity contribution < 1.29 is 33.6 Å². The molecular formula is C22H30O7. The van der Waals surface area contributed by atoms with Crippen molar-refractivity contribution in [1.82, 2.24) is 0 Å². The Bertz CT molecular complexity index is 835. The van der Waals surface area contributed by atoms with Gasteiger partial charge in [0.15, 0.2) is 0 Å². The summed E-state index contributed by atoms with van der Waals surface area (Å²) in [7, 11) is 1.66. The fourth-order valence-corrected chi connectivity index (χ4v) is 7.31. The third kappa shape index (κ3) is 1.91. The van der Waals surface area contributed by atoms with E-state index >= 15 is 0 Å². The summed E-state index contributed by atoms with van der Waals surface area (Å²) in [6.07, 6.45) is 0.753. The van der Waals surface area contributed by atoms with Gasteiger partial charge < -0.3 is 24.1 Å². The minimum absolute atomic E-state index is 0.111. The van der Waals surface area contributed by atoms with Crippen molar-refractivity contribution in [2.24, 2.45) is 16.7 Å². The first-order valence-corrected chi connectivity index (χ1v) is 10.6. The van der Waals surface area contributed by atoms with Gasteiger partial charge in [0, 0.05) is 32.3 Å². The van der Waals surface area contributed by atoms with E-state index in [0.717, 1.165) is 17.6 Å². The molecular weight excluding hydrogens is 376 g/mol. The van der Waals surface area contributed by atoms with Crippen LogP contribution in [-0.4, -0.2) is 60.3 Å². The average Bonchev–Trinajstić information content (AvgIpc) is 3.09. The SMILES string of the molecule is COC1C2=C(C)C3CC4(COC(C)=O)C(=O)OC5CCC(C)C1(C)C5(O)CC24O3. The molecule has 5 aliphatic rings. The lowest BCUT2D eigenvalue weighted by Crippen LogP contribution is -2.73. The summed E-state index contributed by atoms with van der Waals surface area (Å²) in [5.41, 5.74) is -2.13. The molecule has 4 fully saturated rings. The van der Waals surface area contributed by atoms with Crippen LogP contribution in [0, 0.1) is 16.7 Å². The first kappa shape index (κ1) is 19.5. The Morgan fingerprint density at radius 3 is 2.72 bits per heavy atom. The van der Waals surface area contributed by atoms with E-state index in [-0.39, 0.29) is 25.0 Å². The topological polar surface area (TPSA) is 91.3 Å². The lowest BCUT2D eigenvalue weighted by Gasteiger charge is -2.63. The fourth-order valence-electron chi connectivity index (χ4n) is 7.31. The van der Waals surface area contributed by atoms with Crippen molar-refractivity contribution in [2.75, 3.05) is 13.7 Å². The van der Waals surface area contributed by atoms with Gasteiger partial charge in [-0.15, -0.1) is 0 Å². The van der Waals surface area contributed by atoms with Crippen LogP contribution in [0.4, 0.5) is 0 Å². The number of hydrogen-bond donors (Lipinski definition) is 1. The highest BCUT2D eigenvalue weighted by Gasteiger charge is 2.82. The fraction of sp³-hybridized carbons (Fsp3) is 0.818. The van der Waals surface area contributed by atoms with Crippen molar-refractivity contribution in [3.05, 3.63) is 11.1 Å². The van der Waals surface area contributed by atoms with Crippen LogP contribution in [0.1, 0.15) is 53.4 Å². The summed E-state index contributed by atoms with van der Waals surface area (Å²) in [4.78, 5) is 25.2. The quantitative estimate of drug-likeness (QED) is 0.565. The van der Waals surface area contributed by atoms with Crippen molar-refractivity contribution >= 4 is 11.9 Å². The summed E-state index contributed by atoms with van der Waals surface area (Å²) in [6, 6.07) is 0. The molecule has 0 radical (unpaired) electrons. The van der Waals surface area contributed by atoms with E-state index in [1.54, 1.807) is 7.11 Å². The lowest BCUT2D eigenvalue weighted by atomic mass is 9.44. The van der Waals surface area contributed by atoms with Crippen molar-refractivity contribution in [2.45, 2.75) is 82.9 Å². The van der Waals surface area contributed by atoms with Crippen LogP contribution in [0.15, 0.2) is 11.1 Å². The summed E-state index contributed by atoms with van der Waals surface area (Å²) in [6.45, 7) is 7.45. The molecule has 0 aromatic heterocycles. The predicted octanol–water partition coefficient (Wildman–Crippen LogP) is 1.91. The maximum Gasteiger partial charge on any atom is 0.319 e. The molecule has 29 heavy (non-hydrogen) atoms. The number of aliphatic hydroxyl groups is 1. The number of carbonyl (C=O) groups excluding carboxylic acids is 2. The Balaban J connectivity index is 1.78. The van der Waals surface area contributed by atoms with Crippen LogP contribution in [-0.2, 0) is 28.5 Å². The standard InChI is InChI=1S/C22H30O7/c1-11-6-7-15-21(25)9-22-16(17(26-5)19(11,21)4)12(2)14(29-22)8-20(22,18(24)28-15)10-27-13(3)23/h11,14-15,17,25H,6-10H2,1-5H3. The maximum absolute atomic E-state index is 13.6. The number of hydrogen-bond acceptors (Lipinski definition) is 7. The van der Waals surface area contributed by atoms with E-state index in [2.05, 4.69) is 13.8 Å². The maximum atomic E-state index is 13.6. The minimum atomic E-state index is -1.29. The molecule has 7 nitrogen and oxygen atoms in total. The smallest absolute Gasteiger partial charge is 0.319 e.